The third-order valence-electron chi connectivity index (χ3n) is 4.40. The molecule has 0 saturated heterocycles. The van der Waals surface area contributed by atoms with Gasteiger partial charge < -0.3 is 4.98 Å². The summed E-state index contributed by atoms with van der Waals surface area (Å²) in [4.78, 5) is 28.4. The van der Waals surface area contributed by atoms with E-state index in [9.17, 15) is 9.59 Å². The Labute approximate surface area is 137 Å². The fourth-order valence-electron chi connectivity index (χ4n) is 3.31. The van der Waals surface area contributed by atoms with Crippen LogP contribution < -0.4 is 5.56 Å². The summed E-state index contributed by atoms with van der Waals surface area (Å²) in [6, 6.07) is 9.93. The van der Waals surface area contributed by atoms with Gasteiger partial charge in [0.15, 0.2) is 5.78 Å². The lowest BCUT2D eigenvalue weighted by molar-refractivity contribution is 0.104. The summed E-state index contributed by atoms with van der Waals surface area (Å²) in [5.74, 6) is -0.136. The van der Waals surface area contributed by atoms with Crippen molar-refractivity contribution < 1.29 is 4.79 Å². The van der Waals surface area contributed by atoms with E-state index in [1.807, 2.05) is 0 Å². The molecule has 0 saturated carbocycles. The molecule has 1 N–H and O–H groups in total. The summed E-state index contributed by atoms with van der Waals surface area (Å²) in [6.45, 7) is 0. The number of ketones is 1. The highest BCUT2D eigenvalue weighted by atomic mass is 35.5. The molecule has 23 heavy (non-hydrogen) atoms. The number of aromatic nitrogens is 2. The molecule has 0 fully saturated rings. The molecule has 0 amide bonds. The predicted molar refractivity (Wildman–Crippen MR) is 89.5 cm³/mol. The van der Waals surface area contributed by atoms with E-state index in [1.54, 1.807) is 34.7 Å². The minimum Gasteiger partial charge on any atom is -0.343 e. The lowest BCUT2D eigenvalue weighted by atomic mass is 10.0. The van der Waals surface area contributed by atoms with E-state index >= 15 is 0 Å². The van der Waals surface area contributed by atoms with Gasteiger partial charge in [-0.05, 0) is 43.9 Å². The van der Waals surface area contributed by atoms with E-state index in [1.165, 1.54) is 6.07 Å². The SMILES string of the molecule is O=C(c1cccc(Cl)c1)c1ccc(=O)n2c3c([nH]c12)CCCC3. The normalized spacial score (nSPS) is 14.0. The van der Waals surface area contributed by atoms with Crippen molar-refractivity contribution >= 4 is 23.0 Å². The van der Waals surface area contributed by atoms with Crippen LogP contribution in [-0.4, -0.2) is 15.2 Å². The molecular weight excluding hydrogens is 312 g/mol. The Hall–Kier alpha value is -2.33. The number of nitrogens with one attached hydrogen (secondary N) is 1. The van der Waals surface area contributed by atoms with Crippen LogP contribution in [0.25, 0.3) is 5.65 Å². The van der Waals surface area contributed by atoms with Gasteiger partial charge in [0.05, 0.1) is 5.56 Å². The number of H-pyrrole nitrogens is 1. The predicted octanol–water partition coefficient (Wildman–Crippen LogP) is 3.39. The number of carbonyl (C=O) groups is 1. The van der Waals surface area contributed by atoms with Gasteiger partial charge in [0.25, 0.3) is 5.56 Å². The summed E-state index contributed by atoms with van der Waals surface area (Å²) in [7, 11) is 0. The Morgan fingerprint density at radius 3 is 2.78 bits per heavy atom. The zero-order chi connectivity index (χ0) is 16.0. The van der Waals surface area contributed by atoms with Gasteiger partial charge in [0.2, 0.25) is 0 Å². The molecule has 0 spiro atoms. The number of benzene rings is 1. The van der Waals surface area contributed by atoms with Crippen molar-refractivity contribution in [1.29, 1.82) is 0 Å². The highest BCUT2D eigenvalue weighted by Crippen LogP contribution is 2.24. The molecule has 0 aliphatic heterocycles. The number of aromatic amines is 1. The number of hydrogen-bond donors (Lipinski definition) is 1. The van der Waals surface area contributed by atoms with Crippen LogP contribution in [0.4, 0.5) is 0 Å². The van der Waals surface area contributed by atoms with Crippen LogP contribution in [-0.2, 0) is 12.8 Å². The van der Waals surface area contributed by atoms with Crippen molar-refractivity contribution in [2.75, 3.05) is 0 Å². The van der Waals surface area contributed by atoms with Gasteiger partial charge >= 0.3 is 0 Å². The van der Waals surface area contributed by atoms with Crippen LogP contribution in [0.3, 0.4) is 0 Å². The fraction of sp³-hybridized carbons (Fsp3) is 0.222. The summed E-state index contributed by atoms with van der Waals surface area (Å²) in [6.07, 6.45) is 3.95. The van der Waals surface area contributed by atoms with Crippen molar-refractivity contribution in [3.8, 4) is 0 Å². The largest absolute Gasteiger partial charge is 0.343 e. The maximum atomic E-state index is 12.8. The number of nitrogens with zero attached hydrogens (tertiary/aromatic N) is 1. The van der Waals surface area contributed by atoms with Crippen molar-refractivity contribution in [1.82, 2.24) is 9.38 Å². The molecule has 2 heterocycles. The maximum absolute atomic E-state index is 12.8. The average Bonchev–Trinajstić information content (AvgIpc) is 2.95. The number of rotatable bonds is 2. The van der Waals surface area contributed by atoms with Gasteiger partial charge in [-0.2, -0.15) is 0 Å². The Morgan fingerprint density at radius 1 is 1.13 bits per heavy atom. The van der Waals surface area contributed by atoms with Crippen molar-refractivity contribution in [3.63, 3.8) is 0 Å². The Bertz CT molecular complexity index is 984. The molecule has 3 aromatic rings. The number of pyridine rings is 1. The van der Waals surface area contributed by atoms with E-state index in [2.05, 4.69) is 4.98 Å². The van der Waals surface area contributed by atoms with Gasteiger partial charge in [-0.25, -0.2) is 0 Å². The van der Waals surface area contributed by atoms with Crippen molar-refractivity contribution in [2.45, 2.75) is 25.7 Å². The molecule has 4 rings (SSSR count). The topological polar surface area (TPSA) is 54.3 Å². The minimum atomic E-state index is -0.136. The zero-order valence-electron chi connectivity index (χ0n) is 12.4. The van der Waals surface area contributed by atoms with Crippen LogP contribution in [0.15, 0.2) is 41.2 Å². The van der Waals surface area contributed by atoms with E-state index in [-0.39, 0.29) is 11.3 Å². The highest BCUT2D eigenvalue weighted by Gasteiger charge is 2.21. The van der Waals surface area contributed by atoms with Gasteiger partial charge in [0.1, 0.15) is 5.65 Å². The van der Waals surface area contributed by atoms with Crippen molar-refractivity contribution in [2.24, 2.45) is 0 Å². The van der Waals surface area contributed by atoms with Gasteiger partial charge in [-0.15, -0.1) is 0 Å². The molecule has 0 bridgehead atoms. The van der Waals surface area contributed by atoms with E-state index in [4.69, 9.17) is 11.6 Å². The highest BCUT2D eigenvalue weighted by molar-refractivity contribution is 6.31. The summed E-state index contributed by atoms with van der Waals surface area (Å²) >= 11 is 5.99. The van der Waals surface area contributed by atoms with Crippen LogP contribution in [0.1, 0.15) is 40.2 Å². The molecule has 1 aliphatic carbocycles. The van der Waals surface area contributed by atoms with E-state index in [0.29, 0.717) is 21.8 Å². The number of hydrogen-bond acceptors (Lipinski definition) is 2. The second kappa shape index (κ2) is 5.39. The van der Waals surface area contributed by atoms with E-state index < -0.39 is 0 Å². The number of aryl methyl sites for hydroxylation is 2. The molecule has 4 nitrogen and oxygen atoms in total. The molecular formula is C18H15ClN2O2. The lowest BCUT2D eigenvalue weighted by Crippen LogP contribution is -2.17. The third-order valence-corrected chi connectivity index (χ3v) is 4.64. The first-order chi connectivity index (χ1) is 11.1. The van der Waals surface area contributed by atoms with E-state index in [0.717, 1.165) is 37.1 Å². The maximum Gasteiger partial charge on any atom is 0.256 e. The fourth-order valence-corrected chi connectivity index (χ4v) is 3.50. The van der Waals surface area contributed by atoms with Crippen LogP contribution in [0, 0.1) is 0 Å². The Balaban J connectivity index is 1.94. The molecule has 1 aliphatic rings. The molecule has 0 radical (unpaired) electrons. The zero-order valence-corrected chi connectivity index (χ0v) is 13.2. The third kappa shape index (κ3) is 2.30. The standard InChI is InChI=1S/C18H15ClN2O2/c19-12-5-3-4-11(10-12)17(23)13-8-9-16(22)21-15-7-2-1-6-14(15)20-18(13)21/h3-5,8-10,20H,1-2,6-7H2. The molecule has 1 aromatic carbocycles. The van der Waals surface area contributed by atoms with Gasteiger partial charge in [-0.3, -0.25) is 14.0 Å². The van der Waals surface area contributed by atoms with Crippen LogP contribution in [0.5, 0.6) is 0 Å². The summed E-state index contributed by atoms with van der Waals surface area (Å²) in [5, 5.41) is 0.519. The molecule has 0 unspecified atom stereocenters. The van der Waals surface area contributed by atoms with Crippen LogP contribution in [0.2, 0.25) is 5.02 Å². The Kier molecular flexibility index (Phi) is 3.34. The van der Waals surface area contributed by atoms with Crippen molar-refractivity contribution in [3.05, 3.63) is 74.3 Å². The minimum absolute atomic E-state index is 0.0953. The number of fused-ring (bicyclic) bond motifs is 3. The molecule has 2 aromatic heterocycles. The first-order valence-electron chi connectivity index (χ1n) is 7.71. The average molecular weight is 327 g/mol. The van der Waals surface area contributed by atoms with Gasteiger partial charge in [0, 0.05) is 28.0 Å². The first kappa shape index (κ1) is 14.3. The van der Waals surface area contributed by atoms with Gasteiger partial charge in [-0.1, -0.05) is 23.7 Å². The second-order valence-electron chi connectivity index (χ2n) is 5.87. The molecule has 0 atom stereocenters. The number of halogens is 1. The summed E-state index contributed by atoms with van der Waals surface area (Å²) in [5.41, 5.74) is 3.60. The smallest absolute Gasteiger partial charge is 0.256 e. The number of carbonyl (C=O) groups excluding carboxylic acids is 1. The first-order valence-corrected chi connectivity index (χ1v) is 8.09. The quantitative estimate of drug-likeness (QED) is 0.734. The molecule has 116 valence electrons. The monoisotopic (exact) mass is 326 g/mol. The lowest BCUT2D eigenvalue weighted by Gasteiger charge is -2.10. The van der Waals surface area contributed by atoms with Crippen LogP contribution >= 0.6 is 11.6 Å². The Morgan fingerprint density at radius 2 is 1.96 bits per heavy atom. The number of imidazole rings is 1. The summed E-state index contributed by atoms with van der Waals surface area (Å²) < 4.78 is 1.66. The second-order valence-corrected chi connectivity index (χ2v) is 6.30. The molecule has 5 heteroatoms.